The third-order valence-corrected chi connectivity index (χ3v) is 3.25. The summed E-state index contributed by atoms with van der Waals surface area (Å²) in [5.74, 6) is 2.28. The first-order chi connectivity index (χ1) is 3.60. The predicted molar refractivity (Wildman–Crippen MR) is 37.4 cm³/mol. The molecule has 0 aromatic rings. The Kier molecular flexibility index (Phi) is 1.89. The van der Waals surface area contributed by atoms with Crippen molar-refractivity contribution in [2.45, 2.75) is 16.8 Å². The molecule has 42 valence electrons. The summed E-state index contributed by atoms with van der Waals surface area (Å²) in [6, 6.07) is 0. The van der Waals surface area contributed by atoms with Crippen molar-refractivity contribution in [3.8, 4) is 0 Å². The van der Waals surface area contributed by atoms with E-state index in [0.29, 0.717) is 2.91 Å². The van der Waals surface area contributed by atoms with Gasteiger partial charge in [-0.3, -0.25) is 0 Å². The van der Waals surface area contributed by atoms with Gasteiger partial charge in [-0.25, -0.2) is 0 Å². The molecule has 0 N–H and O–H groups in total. The summed E-state index contributed by atoms with van der Waals surface area (Å²) in [5.41, 5.74) is 1.44. The molecule has 1 aliphatic rings. The van der Waals surface area contributed by atoms with Crippen LogP contribution in [0.5, 0.6) is 0 Å². The molecule has 1 aliphatic heterocycles. The number of allylic oxidation sites excluding steroid dienone is 2. The Morgan fingerprint density at radius 1 is 1.88 bits per heavy atom. The standard InChI is InChI=1S/C6H8P.Sc.2H/c1-5-3-6(2)7-4-5;;;/h3-4H,1-2H3;;;/q;+2;2*-1. The van der Waals surface area contributed by atoms with E-state index in [4.69, 9.17) is 0 Å². The smallest absolute Gasteiger partial charge is 1.00 e. The molecule has 0 aromatic carbocycles. The summed E-state index contributed by atoms with van der Waals surface area (Å²) < 4.78 is 0.483. The van der Waals surface area contributed by atoms with Gasteiger partial charge in [0.25, 0.3) is 0 Å². The van der Waals surface area contributed by atoms with Crippen LogP contribution < -0.4 is 0 Å². The van der Waals surface area contributed by atoms with Crippen molar-refractivity contribution in [1.82, 2.24) is 0 Å². The molecule has 0 spiro atoms. The van der Waals surface area contributed by atoms with Crippen LogP contribution >= 0.6 is 8.20 Å². The van der Waals surface area contributed by atoms with Crippen LogP contribution in [-0.4, -0.2) is 8.71 Å². The third kappa shape index (κ3) is 1.63. The van der Waals surface area contributed by atoms with Crippen LogP contribution in [0.1, 0.15) is 16.7 Å². The first kappa shape index (κ1) is 6.89. The molecule has 2 heteroatoms. The van der Waals surface area contributed by atoms with Crippen LogP contribution in [0.15, 0.2) is 11.6 Å². The van der Waals surface area contributed by atoms with Crippen LogP contribution in [0.4, 0.5) is 0 Å². The number of hydrogen-bond acceptors (Lipinski definition) is 0. The average Bonchev–Trinajstić information content (AvgIpc) is 1.82. The zero-order valence-corrected chi connectivity index (χ0v) is 7.88. The second-order valence-electron chi connectivity index (χ2n) is 2.37. The maximum Gasteiger partial charge on any atom is -1.00 e. The van der Waals surface area contributed by atoms with Gasteiger partial charge in [-0.2, -0.15) is 0 Å². The normalized spacial score (nSPS) is 37.8. The summed E-state index contributed by atoms with van der Waals surface area (Å²) in [7, 11) is 1.47. The first-order valence-electron chi connectivity index (χ1n) is 2.64. The van der Waals surface area contributed by atoms with E-state index in [1.165, 1.54) is 13.8 Å². The molecule has 8 heavy (non-hydrogen) atoms. The van der Waals surface area contributed by atoms with Gasteiger partial charge in [0.1, 0.15) is 0 Å². The Balaban J connectivity index is 0. The Morgan fingerprint density at radius 2 is 2.50 bits per heavy atom. The summed E-state index contributed by atoms with van der Waals surface area (Å²) in [6.07, 6.45) is 2.34. The fourth-order valence-corrected chi connectivity index (χ4v) is 2.37. The Bertz CT molecular complexity index is 163. The van der Waals surface area contributed by atoms with E-state index >= 15 is 0 Å². The van der Waals surface area contributed by atoms with Gasteiger partial charge >= 0.3 is 66.8 Å². The van der Waals surface area contributed by atoms with Gasteiger partial charge in [0.15, 0.2) is 0 Å². The van der Waals surface area contributed by atoms with Crippen molar-refractivity contribution >= 4 is 14.0 Å². The summed E-state index contributed by atoms with van der Waals surface area (Å²) in [5, 5.41) is 0. The van der Waals surface area contributed by atoms with Crippen molar-refractivity contribution in [3.05, 3.63) is 11.6 Å². The van der Waals surface area contributed by atoms with Gasteiger partial charge in [-0.05, 0) is 0 Å². The zero-order valence-electron chi connectivity index (χ0n) is 7.18. The minimum Gasteiger partial charge on any atom is -1.00 e. The monoisotopic (exact) mass is 158 g/mol. The van der Waals surface area contributed by atoms with Crippen molar-refractivity contribution in [1.29, 1.82) is 0 Å². The quantitative estimate of drug-likeness (QED) is 0.474. The van der Waals surface area contributed by atoms with Crippen molar-refractivity contribution < 1.29 is 27.2 Å². The minimum absolute atomic E-state index is 0. The third-order valence-electron chi connectivity index (χ3n) is 1.07. The molecule has 0 bridgehead atoms. The van der Waals surface area contributed by atoms with Crippen molar-refractivity contribution in [2.24, 2.45) is 0 Å². The van der Waals surface area contributed by atoms with Gasteiger partial charge in [0, 0.05) is 0 Å². The molecule has 0 amide bonds. The Morgan fingerprint density at radius 3 is 2.62 bits per heavy atom. The van der Waals surface area contributed by atoms with E-state index < -0.39 is 0 Å². The molecule has 0 nitrogen and oxygen atoms in total. The van der Waals surface area contributed by atoms with E-state index in [1.54, 1.807) is 0 Å². The van der Waals surface area contributed by atoms with Gasteiger partial charge in [-0.1, -0.05) is 0 Å². The van der Waals surface area contributed by atoms with Gasteiger partial charge < -0.3 is 2.85 Å². The topological polar surface area (TPSA) is 0 Å². The Labute approximate surface area is 69.7 Å². The average molecular weight is 158 g/mol. The summed E-state index contributed by atoms with van der Waals surface area (Å²) in [6.45, 7) is 4.44. The molecule has 0 aromatic heterocycles. The van der Waals surface area contributed by atoms with E-state index in [0.717, 1.165) is 0 Å². The van der Waals surface area contributed by atoms with Crippen LogP contribution in [0.25, 0.3) is 0 Å². The second kappa shape index (κ2) is 2.19. The van der Waals surface area contributed by atoms with E-state index in [-0.39, 0.29) is 2.85 Å². The van der Waals surface area contributed by atoms with Crippen LogP contribution in [0, 0.1) is 0 Å². The molecule has 0 saturated heterocycles. The molecule has 1 heterocycles. The SMILES string of the molecule is CC1=C[C](C)([Sc+2])P=C1.[H-].[H-]. The van der Waals surface area contributed by atoms with E-state index in [2.05, 4.69) is 25.7 Å². The largest absolute Gasteiger partial charge is 1.00 e. The fraction of sp³-hybridized carbons (Fsp3) is 0.500. The summed E-state index contributed by atoms with van der Waals surface area (Å²) in [4.78, 5) is 0. The molecule has 0 fully saturated rings. The molecule has 1 atom stereocenters. The van der Waals surface area contributed by atoms with Crippen molar-refractivity contribution in [2.75, 3.05) is 0 Å². The molecular weight excluding hydrogens is 148 g/mol. The van der Waals surface area contributed by atoms with Gasteiger partial charge in [0.2, 0.25) is 0 Å². The predicted octanol–water partition coefficient (Wildman–Crippen LogP) is 2.18. The van der Waals surface area contributed by atoms with E-state index in [1.807, 2.05) is 24.4 Å². The summed E-state index contributed by atoms with van der Waals surface area (Å²) >= 11 is 1.81. The maximum absolute atomic E-state index is 2.34. The number of hydrogen-bond donors (Lipinski definition) is 0. The van der Waals surface area contributed by atoms with Crippen LogP contribution in [0.2, 0.25) is 0 Å². The van der Waals surface area contributed by atoms with Crippen molar-refractivity contribution in [3.63, 3.8) is 0 Å². The van der Waals surface area contributed by atoms with Gasteiger partial charge in [0.05, 0.1) is 0 Å². The van der Waals surface area contributed by atoms with Crippen LogP contribution in [0.3, 0.4) is 0 Å². The molecule has 0 saturated carbocycles. The first-order valence-corrected chi connectivity index (χ1v) is 4.50. The Hall–Kier alpha value is 0.780. The molecule has 0 aliphatic carbocycles. The molecule has 1 rings (SSSR count). The minimum atomic E-state index is 0. The van der Waals surface area contributed by atoms with Crippen LogP contribution in [-0.2, 0) is 24.4 Å². The number of rotatable bonds is 0. The molecule has 0 radical (unpaired) electrons. The second-order valence-corrected chi connectivity index (χ2v) is 6.48. The molecular formula is C6H10PSc. The van der Waals surface area contributed by atoms with Gasteiger partial charge in [-0.15, -0.1) is 0 Å². The maximum atomic E-state index is 2.34. The zero-order chi connectivity index (χ0) is 6.20. The fourth-order valence-electron chi connectivity index (χ4n) is 0.776. The van der Waals surface area contributed by atoms with E-state index in [9.17, 15) is 0 Å². The molecule has 1 unspecified atom stereocenters.